The summed E-state index contributed by atoms with van der Waals surface area (Å²) in [7, 11) is 0. The standard InChI is InChI=1S/C14H28N2O/c1-5-15-13(17)16-12-8-6-11(7-9-12)10-14(2,3)4/h11-12H,5-10H2,1-4H3,(H2,15,16,17)/t11-,12-. The van der Waals surface area contributed by atoms with Gasteiger partial charge in [-0.25, -0.2) is 4.79 Å². The Bertz CT molecular complexity index is 237. The van der Waals surface area contributed by atoms with Crippen LogP contribution in [0.2, 0.25) is 0 Å². The van der Waals surface area contributed by atoms with E-state index in [9.17, 15) is 4.79 Å². The first-order valence-corrected chi connectivity index (χ1v) is 6.95. The van der Waals surface area contributed by atoms with Crippen LogP contribution >= 0.6 is 0 Å². The Morgan fingerprint density at radius 2 is 1.76 bits per heavy atom. The lowest BCUT2D eigenvalue weighted by atomic mass is 9.76. The third kappa shape index (κ3) is 5.94. The van der Waals surface area contributed by atoms with Crippen molar-refractivity contribution in [3.63, 3.8) is 0 Å². The predicted octanol–water partition coefficient (Wildman–Crippen LogP) is 3.30. The predicted molar refractivity (Wildman–Crippen MR) is 72.0 cm³/mol. The lowest BCUT2D eigenvalue weighted by Crippen LogP contribution is -2.43. The first kappa shape index (κ1) is 14.3. The van der Waals surface area contributed by atoms with Crippen molar-refractivity contribution in [3.8, 4) is 0 Å². The lowest BCUT2D eigenvalue weighted by Gasteiger charge is -2.32. The van der Waals surface area contributed by atoms with Crippen LogP contribution in [0.3, 0.4) is 0 Å². The number of rotatable bonds is 3. The summed E-state index contributed by atoms with van der Waals surface area (Å²) >= 11 is 0. The van der Waals surface area contributed by atoms with E-state index in [2.05, 4.69) is 31.4 Å². The molecule has 1 aliphatic carbocycles. The van der Waals surface area contributed by atoms with Crippen LogP contribution in [0.25, 0.3) is 0 Å². The van der Waals surface area contributed by atoms with Crippen LogP contribution in [0.4, 0.5) is 4.79 Å². The first-order valence-electron chi connectivity index (χ1n) is 6.95. The van der Waals surface area contributed by atoms with Crippen LogP contribution < -0.4 is 10.6 Å². The fourth-order valence-electron chi connectivity index (χ4n) is 2.77. The van der Waals surface area contributed by atoms with Crippen molar-refractivity contribution >= 4 is 6.03 Å². The largest absolute Gasteiger partial charge is 0.338 e. The summed E-state index contributed by atoms with van der Waals surface area (Å²) in [6.45, 7) is 9.58. The van der Waals surface area contributed by atoms with Gasteiger partial charge in [0, 0.05) is 12.6 Å². The molecule has 17 heavy (non-hydrogen) atoms. The summed E-state index contributed by atoms with van der Waals surface area (Å²) in [6.07, 6.45) is 6.10. The fraction of sp³-hybridized carbons (Fsp3) is 0.929. The number of carbonyl (C=O) groups excluding carboxylic acids is 1. The van der Waals surface area contributed by atoms with Gasteiger partial charge in [0.15, 0.2) is 0 Å². The van der Waals surface area contributed by atoms with Crippen LogP contribution in [-0.2, 0) is 0 Å². The Morgan fingerprint density at radius 1 is 1.18 bits per heavy atom. The van der Waals surface area contributed by atoms with Gasteiger partial charge in [0.25, 0.3) is 0 Å². The van der Waals surface area contributed by atoms with Gasteiger partial charge in [-0.05, 0) is 50.4 Å². The minimum atomic E-state index is -0.00762. The molecule has 2 N–H and O–H groups in total. The summed E-state index contributed by atoms with van der Waals surface area (Å²) in [5.74, 6) is 0.849. The molecule has 1 aliphatic rings. The van der Waals surface area contributed by atoms with E-state index in [0.717, 1.165) is 18.8 Å². The van der Waals surface area contributed by atoms with Gasteiger partial charge in [-0.3, -0.25) is 0 Å². The maximum Gasteiger partial charge on any atom is 0.314 e. The molecule has 0 radical (unpaired) electrons. The van der Waals surface area contributed by atoms with E-state index < -0.39 is 0 Å². The quantitative estimate of drug-likeness (QED) is 0.781. The maximum atomic E-state index is 11.4. The molecule has 0 bridgehead atoms. The summed E-state index contributed by atoms with van der Waals surface area (Å²) in [5.41, 5.74) is 0.435. The lowest BCUT2D eigenvalue weighted by molar-refractivity contribution is 0.206. The Morgan fingerprint density at radius 3 is 2.24 bits per heavy atom. The normalized spacial score (nSPS) is 25.4. The highest BCUT2D eigenvalue weighted by molar-refractivity contribution is 5.74. The molecule has 0 atom stereocenters. The molecule has 0 unspecified atom stereocenters. The summed E-state index contributed by atoms with van der Waals surface area (Å²) in [4.78, 5) is 11.4. The molecule has 0 aromatic heterocycles. The van der Waals surface area contributed by atoms with Crippen LogP contribution in [0.15, 0.2) is 0 Å². The van der Waals surface area contributed by atoms with Gasteiger partial charge in [-0.2, -0.15) is 0 Å². The zero-order chi connectivity index (χ0) is 12.9. The fourth-order valence-corrected chi connectivity index (χ4v) is 2.77. The van der Waals surface area contributed by atoms with Crippen LogP contribution in [0.1, 0.15) is 59.8 Å². The van der Waals surface area contributed by atoms with Crippen LogP contribution in [-0.4, -0.2) is 18.6 Å². The topological polar surface area (TPSA) is 41.1 Å². The van der Waals surface area contributed by atoms with Gasteiger partial charge in [0.2, 0.25) is 0 Å². The summed E-state index contributed by atoms with van der Waals surface area (Å²) < 4.78 is 0. The Balaban J connectivity index is 2.24. The van der Waals surface area contributed by atoms with Crippen molar-refractivity contribution in [2.24, 2.45) is 11.3 Å². The second-order valence-corrected chi connectivity index (χ2v) is 6.49. The Hall–Kier alpha value is -0.730. The second-order valence-electron chi connectivity index (χ2n) is 6.49. The van der Waals surface area contributed by atoms with Gasteiger partial charge in [0.05, 0.1) is 0 Å². The smallest absolute Gasteiger partial charge is 0.314 e. The molecule has 1 rings (SSSR count). The second kappa shape index (κ2) is 6.27. The van der Waals surface area contributed by atoms with Crippen molar-refractivity contribution in [2.75, 3.05) is 6.54 Å². The zero-order valence-corrected chi connectivity index (χ0v) is 11.8. The van der Waals surface area contributed by atoms with Gasteiger partial charge in [-0.15, -0.1) is 0 Å². The molecular formula is C14H28N2O. The van der Waals surface area contributed by atoms with Crippen LogP contribution in [0, 0.1) is 11.3 Å². The Labute approximate surface area is 106 Å². The molecule has 2 amide bonds. The van der Waals surface area contributed by atoms with E-state index in [0.29, 0.717) is 18.0 Å². The molecular weight excluding hydrogens is 212 g/mol. The molecule has 1 fully saturated rings. The summed E-state index contributed by atoms with van der Waals surface area (Å²) in [5, 5.41) is 5.85. The number of urea groups is 1. The number of hydrogen-bond donors (Lipinski definition) is 2. The maximum absolute atomic E-state index is 11.4. The summed E-state index contributed by atoms with van der Waals surface area (Å²) in [6, 6.07) is 0.379. The molecule has 0 aromatic carbocycles. The van der Waals surface area contributed by atoms with Gasteiger partial charge < -0.3 is 10.6 Å². The van der Waals surface area contributed by atoms with E-state index in [-0.39, 0.29) is 6.03 Å². The highest BCUT2D eigenvalue weighted by Crippen LogP contribution is 2.34. The van der Waals surface area contributed by atoms with E-state index in [1.165, 1.54) is 19.3 Å². The van der Waals surface area contributed by atoms with Crippen molar-refractivity contribution in [3.05, 3.63) is 0 Å². The minimum Gasteiger partial charge on any atom is -0.338 e. The van der Waals surface area contributed by atoms with Gasteiger partial charge >= 0.3 is 6.03 Å². The number of carbonyl (C=O) groups is 1. The molecule has 0 spiro atoms. The molecule has 1 saturated carbocycles. The first-order chi connectivity index (χ1) is 7.90. The van der Waals surface area contributed by atoms with Gasteiger partial charge in [-0.1, -0.05) is 20.8 Å². The molecule has 0 aliphatic heterocycles. The average Bonchev–Trinajstić information content (AvgIpc) is 2.19. The highest BCUT2D eigenvalue weighted by atomic mass is 16.2. The minimum absolute atomic E-state index is 0.00762. The molecule has 100 valence electrons. The molecule has 0 aromatic rings. The SMILES string of the molecule is CCNC(=O)N[C@H]1CC[C@H](CC(C)(C)C)CC1. The zero-order valence-electron chi connectivity index (χ0n) is 11.8. The number of hydrogen-bond acceptors (Lipinski definition) is 1. The van der Waals surface area contributed by atoms with Gasteiger partial charge in [0.1, 0.15) is 0 Å². The third-order valence-electron chi connectivity index (χ3n) is 3.42. The molecule has 3 nitrogen and oxygen atoms in total. The number of nitrogens with one attached hydrogen (secondary N) is 2. The van der Waals surface area contributed by atoms with Crippen molar-refractivity contribution in [1.29, 1.82) is 0 Å². The van der Waals surface area contributed by atoms with E-state index >= 15 is 0 Å². The molecule has 3 heteroatoms. The van der Waals surface area contributed by atoms with Crippen molar-refractivity contribution in [1.82, 2.24) is 10.6 Å². The number of amides is 2. The van der Waals surface area contributed by atoms with Crippen molar-refractivity contribution < 1.29 is 4.79 Å². The van der Waals surface area contributed by atoms with Crippen molar-refractivity contribution in [2.45, 2.75) is 65.8 Å². The van der Waals surface area contributed by atoms with E-state index in [4.69, 9.17) is 0 Å². The van der Waals surface area contributed by atoms with E-state index in [1.54, 1.807) is 0 Å². The highest BCUT2D eigenvalue weighted by Gasteiger charge is 2.25. The van der Waals surface area contributed by atoms with Crippen LogP contribution in [0.5, 0.6) is 0 Å². The monoisotopic (exact) mass is 240 g/mol. The average molecular weight is 240 g/mol. The van der Waals surface area contributed by atoms with E-state index in [1.807, 2.05) is 6.92 Å². The molecule has 0 saturated heterocycles. The molecule has 0 heterocycles. The third-order valence-corrected chi connectivity index (χ3v) is 3.42. The Kier molecular flexibility index (Phi) is 5.29.